The lowest BCUT2D eigenvalue weighted by Gasteiger charge is -2.22. The Morgan fingerprint density at radius 2 is 2.05 bits per heavy atom. The molecule has 0 aliphatic heterocycles. The van der Waals surface area contributed by atoms with Gasteiger partial charge in [-0.2, -0.15) is 0 Å². The van der Waals surface area contributed by atoms with Gasteiger partial charge in [-0.3, -0.25) is 4.79 Å². The summed E-state index contributed by atoms with van der Waals surface area (Å²) in [6, 6.07) is 4.48. The molecule has 5 heteroatoms. The van der Waals surface area contributed by atoms with Crippen molar-refractivity contribution in [1.29, 1.82) is 0 Å². The Bertz CT molecular complexity index is 500. The second kappa shape index (κ2) is 6.93. The van der Waals surface area contributed by atoms with Gasteiger partial charge < -0.3 is 15.8 Å². The van der Waals surface area contributed by atoms with Crippen molar-refractivity contribution in [2.45, 2.75) is 33.2 Å². The average Bonchev–Trinajstić information content (AvgIpc) is 2.45. The number of methoxy groups -OCH3 is 1. The van der Waals surface area contributed by atoms with E-state index in [4.69, 9.17) is 10.5 Å². The van der Waals surface area contributed by atoms with Gasteiger partial charge in [0, 0.05) is 11.3 Å². The molecule has 2 atom stereocenters. The minimum Gasteiger partial charge on any atom is -0.467 e. The van der Waals surface area contributed by atoms with Gasteiger partial charge in [-0.1, -0.05) is 26.3 Å². The van der Waals surface area contributed by atoms with Crippen molar-refractivity contribution in [3.63, 3.8) is 0 Å². The summed E-state index contributed by atoms with van der Waals surface area (Å²) in [5.74, 6) is -0.757. The van der Waals surface area contributed by atoms with E-state index in [1.807, 2.05) is 13.8 Å². The molecule has 1 amide bonds. The molecule has 110 valence electrons. The molecule has 0 aliphatic rings. The van der Waals surface area contributed by atoms with Crippen LogP contribution in [-0.4, -0.2) is 25.0 Å². The highest BCUT2D eigenvalue weighted by atomic mass is 16.5. The normalized spacial score (nSPS) is 13.4. The first kappa shape index (κ1) is 16.0. The van der Waals surface area contributed by atoms with E-state index in [0.717, 1.165) is 6.42 Å². The zero-order valence-electron chi connectivity index (χ0n) is 12.4. The number of benzene rings is 1. The third-order valence-corrected chi connectivity index (χ3v) is 3.58. The predicted molar refractivity (Wildman–Crippen MR) is 78.3 cm³/mol. The molecule has 3 N–H and O–H groups in total. The van der Waals surface area contributed by atoms with Crippen molar-refractivity contribution in [2.24, 2.45) is 5.92 Å². The van der Waals surface area contributed by atoms with E-state index in [1.165, 1.54) is 7.11 Å². The molecule has 5 nitrogen and oxygen atoms in total. The number of esters is 1. The summed E-state index contributed by atoms with van der Waals surface area (Å²) < 4.78 is 4.75. The lowest BCUT2D eigenvalue weighted by molar-refractivity contribution is -0.144. The van der Waals surface area contributed by atoms with Gasteiger partial charge in [0.1, 0.15) is 6.04 Å². The molecule has 0 saturated carbocycles. The molecule has 1 aromatic carbocycles. The number of hydrogen-bond acceptors (Lipinski definition) is 4. The molecule has 0 bridgehead atoms. The molecular weight excluding hydrogens is 256 g/mol. The fourth-order valence-electron chi connectivity index (χ4n) is 1.91. The molecule has 1 rings (SSSR count). The lowest BCUT2D eigenvalue weighted by atomic mass is 9.98. The summed E-state index contributed by atoms with van der Waals surface area (Å²) >= 11 is 0. The quantitative estimate of drug-likeness (QED) is 0.636. The van der Waals surface area contributed by atoms with Gasteiger partial charge in [0.05, 0.1) is 7.11 Å². The first-order valence-electron chi connectivity index (χ1n) is 6.66. The lowest BCUT2D eigenvalue weighted by Crippen LogP contribution is -2.45. The number of rotatable bonds is 5. The van der Waals surface area contributed by atoms with Crippen LogP contribution in [0.2, 0.25) is 0 Å². The van der Waals surface area contributed by atoms with E-state index in [2.05, 4.69) is 5.32 Å². The molecular formula is C15H22N2O3. The first-order chi connectivity index (χ1) is 9.42. The van der Waals surface area contributed by atoms with E-state index in [1.54, 1.807) is 25.1 Å². The summed E-state index contributed by atoms with van der Waals surface area (Å²) in [7, 11) is 1.32. The summed E-state index contributed by atoms with van der Waals surface area (Å²) in [6.07, 6.45) is 0.760. The number of nitrogens with one attached hydrogen (secondary N) is 1. The molecule has 0 saturated heterocycles. The Balaban J connectivity index is 2.96. The predicted octanol–water partition coefficient (Wildman–Crippen LogP) is 1.89. The minimum atomic E-state index is -0.654. The van der Waals surface area contributed by atoms with E-state index in [0.29, 0.717) is 16.8 Å². The smallest absolute Gasteiger partial charge is 0.328 e. The molecule has 0 spiro atoms. The molecule has 0 heterocycles. The van der Waals surface area contributed by atoms with Crippen LogP contribution in [0, 0.1) is 12.8 Å². The van der Waals surface area contributed by atoms with Crippen LogP contribution in [0.25, 0.3) is 0 Å². The van der Waals surface area contributed by atoms with Crippen LogP contribution in [0.15, 0.2) is 18.2 Å². The second-order valence-electron chi connectivity index (χ2n) is 4.88. The van der Waals surface area contributed by atoms with Crippen molar-refractivity contribution >= 4 is 17.6 Å². The van der Waals surface area contributed by atoms with E-state index in [9.17, 15) is 9.59 Å². The van der Waals surface area contributed by atoms with E-state index in [-0.39, 0.29) is 11.8 Å². The number of nitrogens with two attached hydrogens (primary N) is 1. The molecule has 0 aliphatic carbocycles. The number of carbonyl (C=O) groups excluding carboxylic acids is 2. The molecule has 0 radical (unpaired) electrons. The third-order valence-electron chi connectivity index (χ3n) is 3.58. The van der Waals surface area contributed by atoms with Crippen LogP contribution in [0.4, 0.5) is 5.69 Å². The van der Waals surface area contributed by atoms with Crippen LogP contribution in [0.5, 0.6) is 0 Å². The maximum Gasteiger partial charge on any atom is 0.328 e. The van der Waals surface area contributed by atoms with Crippen molar-refractivity contribution in [1.82, 2.24) is 5.32 Å². The highest BCUT2D eigenvalue weighted by Gasteiger charge is 2.27. The highest BCUT2D eigenvalue weighted by Crippen LogP contribution is 2.17. The number of carbonyl (C=O) groups is 2. The first-order valence-corrected chi connectivity index (χ1v) is 6.66. The van der Waals surface area contributed by atoms with Gasteiger partial charge in [0.25, 0.3) is 5.91 Å². The topological polar surface area (TPSA) is 81.4 Å². The summed E-state index contributed by atoms with van der Waals surface area (Å²) in [6.45, 7) is 5.63. The standard InChI is InChI=1S/C15H22N2O3/c1-5-9(2)13(15(19)20-4)17-14(18)11-7-6-8-12(16)10(11)3/h6-9,13H,5,16H2,1-4H3,(H,17,18). The van der Waals surface area contributed by atoms with E-state index >= 15 is 0 Å². The summed E-state index contributed by atoms with van der Waals surface area (Å²) in [5, 5.41) is 2.73. The second-order valence-corrected chi connectivity index (χ2v) is 4.88. The van der Waals surface area contributed by atoms with Gasteiger partial charge in [0.2, 0.25) is 0 Å². The van der Waals surface area contributed by atoms with Gasteiger partial charge in [-0.25, -0.2) is 4.79 Å². The number of anilines is 1. The SMILES string of the molecule is CCC(C)C(NC(=O)c1cccc(N)c1C)C(=O)OC. The Hall–Kier alpha value is -2.04. The largest absolute Gasteiger partial charge is 0.467 e. The minimum absolute atomic E-state index is 0.00670. The Morgan fingerprint density at radius 1 is 1.40 bits per heavy atom. The molecule has 2 unspecified atom stereocenters. The Kier molecular flexibility index (Phi) is 5.55. The van der Waals surface area contributed by atoms with Crippen molar-refractivity contribution < 1.29 is 14.3 Å². The molecule has 0 aromatic heterocycles. The van der Waals surface area contributed by atoms with Gasteiger partial charge in [-0.05, 0) is 30.5 Å². The molecule has 20 heavy (non-hydrogen) atoms. The fourth-order valence-corrected chi connectivity index (χ4v) is 1.91. The Morgan fingerprint density at radius 3 is 2.60 bits per heavy atom. The van der Waals surface area contributed by atoms with Crippen LogP contribution in [0.1, 0.15) is 36.2 Å². The summed E-state index contributed by atoms with van der Waals surface area (Å²) in [5.41, 5.74) is 7.52. The number of ether oxygens (including phenoxy) is 1. The maximum absolute atomic E-state index is 12.3. The van der Waals surface area contributed by atoms with Gasteiger partial charge in [0.15, 0.2) is 0 Å². The van der Waals surface area contributed by atoms with Gasteiger partial charge >= 0.3 is 5.97 Å². The van der Waals surface area contributed by atoms with Crippen molar-refractivity contribution in [2.75, 3.05) is 12.8 Å². The number of nitrogen functional groups attached to an aromatic ring is 1. The van der Waals surface area contributed by atoms with Crippen LogP contribution < -0.4 is 11.1 Å². The van der Waals surface area contributed by atoms with E-state index < -0.39 is 12.0 Å². The number of hydrogen-bond donors (Lipinski definition) is 2. The Labute approximate surface area is 119 Å². The molecule has 0 fully saturated rings. The zero-order valence-corrected chi connectivity index (χ0v) is 12.4. The highest BCUT2D eigenvalue weighted by molar-refractivity contribution is 5.99. The monoisotopic (exact) mass is 278 g/mol. The average molecular weight is 278 g/mol. The zero-order chi connectivity index (χ0) is 15.3. The van der Waals surface area contributed by atoms with Crippen molar-refractivity contribution in [3.05, 3.63) is 29.3 Å². The van der Waals surface area contributed by atoms with Crippen LogP contribution >= 0.6 is 0 Å². The van der Waals surface area contributed by atoms with Crippen LogP contribution in [-0.2, 0) is 9.53 Å². The maximum atomic E-state index is 12.3. The van der Waals surface area contributed by atoms with Crippen LogP contribution in [0.3, 0.4) is 0 Å². The number of amides is 1. The fraction of sp³-hybridized carbons (Fsp3) is 0.467. The van der Waals surface area contributed by atoms with Gasteiger partial charge in [-0.15, -0.1) is 0 Å². The van der Waals surface area contributed by atoms with Crippen molar-refractivity contribution in [3.8, 4) is 0 Å². The third kappa shape index (κ3) is 3.50. The molecule has 1 aromatic rings. The summed E-state index contributed by atoms with van der Waals surface area (Å²) in [4.78, 5) is 24.1.